The Hall–Kier alpha value is -2.67. The summed E-state index contributed by atoms with van der Waals surface area (Å²) in [5.41, 5.74) is 0.814. The van der Waals surface area contributed by atoms with Gasteiger partial charge in [-0.15, -0.1) is 6.42 Å². The van der Waals surface area contributed by atoms with Crippen molar-refractivity contribution in [2.75, 3.05) is 5.32 Å². The number of carbonyl (C=O) groups excluding carboxylic acids is 1. The molecule has 0 radical (unpaired) electrons. The van der Waals surface area contributed by atoms with Gasteiger partial charge in [0.05, 0.1) is 5.56 Å². The molecule has 1 N–H and O–H groups in total. The maximum atomic E-state index is 13.4. The van der Waals surface area contributed by atoms with E-state index in [2.05, 4.69) is 11.2 Å². The van der Waals surface area contributed by atoms with Crippen molar-refractivity contribution in [3.05, 3.63) is 65.2 Å². The number of amides is 1. The van der Waals surface area contributed by atoms with Crippen molar-refractivity contribution in [3.8, 4) is 12.3 Å². The molecule has 2 nitrogen and oxygen atoms in total. The van der Waals surface area contributed by atoms with Crippen molar-refractivity contribution in [2.45, 2.75) is 0 Å². The molecule has 0 fully saturated rings. The molecule has 2 aromatic carbocycles. The lowest BCUT2D eigenvalue weighted by Gasteiger charge is -2.06. The predicted molar refractivity (Wildman–Crippen MR) is 68.7 cm³/mol. The van der Waals surface area contributed by atoms with Gasteiger partial charge in [0.15, 0.2) is 0 Å². The van der Waals surface area contributed by atoms with Crippen LogP contribution >= 0.6 is 0 Å². The molecule has 0 aliphatic carbocycles. The van der Waals surface area contributed by atoms with Crippen LogP contribution in [-0.4, -0.2) is 5.91 Å². The Bertz CT molecular complexity index is 674. The number of halogens is 2. The largest absolute Gasteiger partial charge is 0.322 e. The maximum absolute atomic E-state index is 13.4. The van der Waals surface area contributed by atoms with Crippen molar-refractivity contribution in [2.24, 2.45) is 0 Å². The summed E-state index contributed by atoms with van der Waals surface area (Å²) < 4.78 is 26.2. The van der Waals surface area contributed by atoms with Crippen molar-refractivity contribution in [3.63, 3.8) is 0 Å². The highest BCUT2D eigenvalue weighted by Crippen LogP contribution is 2.14. The van der Waals surface area contributed by atoms with Gasteiger partial charge >= 0.3 is 0 Å². The summed E-state index contributed by atoms with van der Waals surface area (Å²) in [7, 11) is 0. The third-order valence-corrected chi connectivity index (χ3v) is 2.46. The summed E-state index contributed by atoms with van der Waals surface area (Å²) in [5, 5.41) is 2.50. The Morgan fingerprint density at radius 1 is 1.16 bits per heavy atom. The molecule has 0 heterocycles. The van der Waals surface area contributed by atoms with Crippen LogP contribution < -0.4 is 5.32 Å². The molecule has 0 bridgehead atoms. The molecule has 0 atom stereocenters. The molecule has 94 valence electrons. The van der Waals surface area contributed by atoms with E-state index in [1.54, 1.807) is 24.3 Å². The number of hydrogen-bond acceptors (Lipinski definition) is 1. The van der Waals surface area contributed by atoms with Crippen LogP contribution in [0.1, 0.15) is 15.9 Å². The van der Waals surface area contributed by atoms with Gasteiger partial charge in [-0.3, -0.25) is 4.79 Å². The van der Waals surface area contributed by atoms with E-state index in [0.29, 0.717) is 17.3 Å². The minimum absolute atomic E-state index is 0.229. The first-order valence-electron chi connectivity index (χ1n) is 5.43. The zero-order valence-corrected chi connectivity index (χ0v) is 9.78. The average Bonchev–Trinajstić information content (AvgIpc) is 2.38. The maximum Gasteiger partial charge on any atom is 0.258 e. The summed E-state index contributed by atoms with van der Waals surface area (Å²) in [4.78, 5) is 11.8. The first-order valence-corrected chi connectivity index (χ1v) is 5.43. The summed E-state index contributed by atoms with van der Waals surface area (Å²) in [6.45, 7) is 0. The number of benzene rings is 2. The van der Waals surface area contributed by atoms with Crippen LogP contribution in [0.3, 0.4) is 0 Å². The van der Waals surface area contributed by atoms with Gasteiger partial charge in [-0.25, -0.2) is 8.78 Å². The van der Waals surface area contributed by atoms with E-state index in [1.807, 2.05) is 0 Å². The highest BCUT2D eigenvalue weighted by atomic mass is 19.1. The summed E-state index contributed by atoms with van der Waals surface area (Å²) in [5.74, 6) is 0.119. The summed E-state index contributed by atoms with van der Waals surface area (Å²) in [6.07, 6.45) is 5.24. The third kappa shape index (κ3) is 2.96. The Morgan fingerprint density at radius 2 is 1.95 bits per heavy atom. The lowest BCUT2D eigenvalue weighted by molar-refractivity contribution is 0.102. The van der Waals surface area contributed by atoms with Crippen LogP contribution in [0.25, 0.3) is 0 Å². The summed E-state index contributed by atoms with van der Waals surface area (Å²) in [6, 6.07) is 9.35. The van der Waals surface area contributed by atoms with E-state index >= 15 is 0 Å². The van der Waals surface area contributed by atoms with E-state index in [-0.39, 0.29) is 5.56 Å². The van der Waals surface area contributed by atoms with Crippen molar-refractivity contribution in [1.82, 2.24) is 0 Å². The normalized spacial score (nSPS) is 9.74. The molecule has 0 unspecified atom stereocenters. The van der Waals surface area contributed by atoms with Crippen LogP contribution in [0.15, 0.2) is 42.5 Å². The smallest absolute Gasteiger partial charge is 0.258 e. The molecular formula is C15H9F2NO. The molecule has 2 rings (SSSR count). The van der Waals surface area contributed by atoms with Gasteiger partial charge in [0.2, 0.25) is 0 Å². The van der Waals surface area contributed by atoms with Crippen LogP contribution in [0.2, 0.25) is 0 Å². The van der Waals surface area contributed by atoms with E-state index in [1.165, 1.54) is 0 Å². The van der Waals surface area contributed by atoms with Gasteiger partial charge in [0.1, 0.15) is 11.6 Å². The molecule has 0 aliphatic heterocycles. The number of hydrogen-bond donors (Lipinski definition) is 1. The second-order valence-corrected chi connectivity index (χ2v) is 3.80. The lowest BCUT2D eigenvalue weighted by Crippen LogP contribution is -2.13. The number of nitrogens with one attached hydrogen (secondary N) is 1. The first-order chi connectivity index (χ1) is 9.10. The van der Waals surface area contributed by atoms with Gasteiger partial charge < -0.3 is 5.32 Å². The highest BCUT2D eigenvalue weighted by Gasteiger charge is 2.12. The quantitative estimate of drug-likeness (QED) is 0.822. The average molecular weight is 257 g/mol. The van der Waals surface area contributed by atoms with Crippen LogP contribution in [0.4, 0.5) is 14.5 Å². The van der Waals surface area contributed by atoms with Gasteiger partial charge in [0.25, 0.3) is 5.91 Å². The Morgan fingerprint density at radius 3 is 2.63 bits per heavy atom. The van der Waals surface area contributed by atoms with E-state index in [0.717, 1.165) is 12.1 Å². The van der Waals surface area contributed by atoms with Crippen LogP contribution in [0.5, 0.6) is 0 Å². The second-order valence-electron chi connectivity index (χ2n) is 3.80. The van der Waals surface area contributed by atoms with Gasteiger partial charge in [-0.1, -0.05) is 12.0 Å². The molecule has 2 aromatic rings. The minimum Gasteiger partial charge on any atom is -0.322 e. The zero-order chi connectivity index (χ0) is 13.8. The van der Waals surface area contributed by atoms with Gasteiger partial charge in [-0.2, -0.15) is 0 Å². The fourth-order valence-corrected chi connectivity index (χ4v) is 1.56. The van der Waals surface area contributed by atoms with Crippen LogP contribution in [0, 0.1) is 24.0 Å². The zero-order valence-electron chi connectivity index (χ0n) is 9.78. The molecule has 4 heteroatoms. The van der Waals surface area contributed by atoms with Crippen molar-refractivity contribution < 1.29 is 13.6 Å². The number of carbonyl (C=O) groups is 1. The number of anilines is 1. The first kappa shape index (κ1) is 12.8. The Kier molecular flexibility index (Phi) is 3.58. The molecule has 0 spiro atoms. The molecule has 1 amide bonds. The third-order valence-electron chi connectivity index (χ3n) is 2.46. The fourth-order valence-electron chi connectivity index (χ4n) is 1.56. The van der Waals surface area contributed by atoms with E-state index < -0.39 is 17.5 Å². The second kappa shape index (κ2) is 5.32. The monoisotopic (exact) mass is 257 g/mol. The fraction of sp³-hybridized carbons (Fsp3) is 0. The predicted octanol–water partition coefficient (Wildman–Crippen LogP) is 3.20. The van der Waals surface area contributed by atoms with E-state index in [9.17, 15) is 13.6 Å². The van der Waals surface area contributed by atoms with Crippen LogP contribution in [-0.2, 0) is 0 Å². The topological polar surface area (TPSA) is 29.1 Å². The number of rotatable bonds is 2. The number of terminal acetylenes is 1. The Balaban J connectivity index is 2.23. The molecule has 0 aliphatic rings. The lowest BCUT2D eigenvalue weighted by atomic mass is 10.1. The molecule has 0 saturated carbocycles. The molecular weight excluding hydrogens is 248 g/mol. The highest BCUT2D eigenvalue weighted by molar-refractivity contribution is 6.04. The standard InChI is InChI=1S/C15H9F2NO/c1-2-10-4-3-5-12(8-10)18-15(19)13-7-6-11(16)9-14(13)17/h1,3-9H,(H,18,19). The van der Waals surface area contributed by atoms with Crippen molar-refractivity contribution in [1.29, 1.82) is 0 Å². The van der Waals surface area contributed by atoms with Gasteiger partial charge in [0, 0.05) is 17.3 Å². The van der Waals surface area contributed by atoms with Gasteiger partial charge in [-0.05, 0) is 30.3 Å². The Labute approximate surface area is 109 Å². The SMILES string of the molecule is C#Cc1cccc(NC(=O)c2ccc(F)cc2F)c1. The molecule has 19 heavy (non-hydrogen) atoms. The van der Waals surface area contributed by atoms with E-state index in [4.69, 9.17) is 6.42 Å². The summed E-state index contributed by atoms with van der Waals surface area (Å²) >= 11 is 0. The van der Waals surface area contributed by atoms with Crippen molar-refractivity contribution >= 4 is 11.6 Å². The minimum atomic E-state index is -0.911. The molecule has 0 saturated heterocycles. The molecule has 0 aromatic heterocycles.